The molecule has 8 nitrogen and oxygen atoms in total. The van der Waals surface area contributed by atoms with Crippen LogP contribution in [0.15, 0.2) is 24.9 Å². The molecule has 0 amide bonds. The Hall–Kier alpha value is -2.48. The molecule has 0 unspecified atom stereocenters. The molecule has 3 aromatic heterocycles. The topological polar surface area (TPSA) is 82.7 Å². The highest BCUT2D eigenvalue weighted by Crippen LogP contribution is 2.21. The van der Waals surface area contributed by atoms with Crippen molar-refractivity contribution in [3.8, 4) is 0 Å². The Morgan fingerprint density at radius 1 is 1.25 bits per heavy atom. The van der Waals surface area contributed by atoms with Crippen molar-refractivity contribution in [3.63, 3.8) is 0 Å². The summed E-state index contributed by atoms with van der Waals surface area (Å²) in [6.07, 6.45) is 6.91. The summed E-state index contributed by atoms with van der Waals surface area (Å²) >= 11 is 0. The van der Waals surface area contributed by atoms with Crippen LogP contribution in [0.2, 0.25) is 0 Å². The van der Waals surface area contributed by atoms with Gasteiger partial charge in [0.1, 0.15) is 12.1 Å². The zero-order valence-electron chi connectivity index (χ0n) is 11.3. The van der Waals surface area contributed by atoms with E-state index in [-0.39, 0.29) is 0 Å². The highest BCUT2D eigenvalue weighted by atomic mass is 16.5. The van der Waals surface area contributed by atoms with Crippen LogP contribution in [0.3, 0.4) is 0 Å². The van der Waals surface area contributed by atoms with Gasteiger partial charge in [-0.05, 0) is 0 Å². The molecule has 0 saturated heterocycles. The van der Waals surface area contributed by atoms with Gasteiger partial charge in [0.05, 0.1) is 36.6 Å². The standard InChI is InChI=1S/C12H15N7O/c1-18-12-10(6-15-18)11(13-8-14-12)17-9-5-16-19(7-9)3-4-20-2/h5-8H,3-4H2,1-2H3,(H,13,14,17). The van der Waals surface area contributed by atoms with E-state index in [2.05, 4.69) is 25.5 Å². The van der Waals surface area contributed by atoms with Gasteiger partial charge in [0, 0.05) is 20.4 Å². The number of fused-ring (bicyclic) bond motifs is 1. The van der Waals surface area contributed by atoms with Gasteiger partial charge in [-0.2, -0.15) is 10.2 Å². The van der Waals surface area contributed by atoms with E-state index >= 15 is 0 Å². The van der Waals surface area contributed by atoms with Crippen LogP contribution in [0.25, 0.3) is 11.0 Å². The van der Waals surface area contributed by atoms with Crippen molar-refractivity contribution < 1.29 is 4.74 Å². The summed E-state index contributed by atoms with van der Waals surface area (Å²) < 4.78 is 8.55. The van der Waals surface area contributed by atoms with Gasteiger partial charge in [-0.1, -0.05) is 0 Å². The lowest BCUT2D eigenvalue weighted by atomic mass is 10.4. The fourth-order valence-electron chi connectivity index (χ4n) is 1.93. The van der Waals surface area contributed by atoms with E-state index in [1.807, 2.05) is 17.9 Å². The smallest absolute Gasteiger partial charge is 0.163 e. The first-order valence-corrected chi connectivity index (χ1v) is 6.19. The Balaban J connectivity index is 1.84. The molecule has 0 saturated carbocycles. The normalized spacial score (nSPS) is 11.1. The number of hydrogen-bond acceptors (Lipinski definition) is 6. The third-order valence-electron chi connectivity index (χ3n) is 2.95. The fraction of sp³-hybridized carbons (Fsp3) is 0.333. The van der Waals surface area contributed by atoms with Gasteiger partial charge in [0.25, 0.3) is 0 Å². The van der Waals surface area contributed by atoms with Crippen molar-refractivity contribution in [1.82, 2.24) is 29.5 Å². The molecule has 20 heavy (non-hydrogen) atoms. The third kappa shape index (κ3) is 2.32. The summed E-state index contributed by atoms with van der Waals surface area (Å²) in [6, 6.07) is 0. The molecule has 104 valence electrons. The summed E-state index contributed by atoms with van der Waals surface area (Å²) in [5.41, 5.74) is 1.65. The second-order valence-electron chi connectivity index (χ2n) is 4.34. The number of ether oxygens (including phenoxy) is 1. The van der Waals surface area contributed by atoms with E-state index in [9.17, 15) is 0 Å². The summed E-state index contributed by atoms with van der Waals surface area (Å²) in [7, 11) is 3.52. The minimum Gasteiger partial charge on any atom is -0.383 e. The van der Waals surface area contributed by atoms with Gasteiger partial charge in [0.2, 0.25) is 0 Å². The molecule has 3 rings (SSSR count). The van der Waals surface area contributed by atoms with Gasteiger partial charge >= 0.3 is 0 Å². The van der Waals surface area contributed by atoms with Crippen molar-refractivity contribution in [3.05, 3.63) is 24.9 Å². The van der Waals surface area contributed by atoms with Crippen molar-refractivity contribution >= 4 is 22.5 Å². The van der Waals surface area contributed by atoms with E-state index in [0.29, 0.717) is 13.2 Å². The van der Waals surface area contributed by atoms with Crippen molar-refractivity contribution in [2.24, 2.45) is 7.05 Å². The lowest BCUT2D eigenvalue weighted by Crippen LogP contribution is -2.04. The number of aromatic nitrogens is 6. The van der Waals surface area contributed by atoms with E-state index in [4.69, 9.17) is 4.74 Å². The lowest BCUT2D eigenvalue weighted by molar-refractivity contribution is 0.183. The van der Waals surface area contributed by atoms with Crippen LogP contribution in [-0.2, 0) is 18.3 Å². The minimum absolute atomic E-state index is 0.626. The SMILES string of the molecule is COCCn1cc(Nc2ncnc3c2cnn3C)cn1. The molecule has 0 aliphatic heterocycles. The molecule has 8 heteroatoms. The van der Waals surface area contributed by atoms with Crippen LogP contribution < -0.4 is 5.32 Å². The fourth-order valence-corrected chi connectivity index (χ4v) is 1.93. The van der Waals surface area contributed by atoms with Crippen LogP contribution in [-0.4, -0.2) is 43.2 Å². The molecule has 0 spiro atoms. The maximum atomic E-state index is 5.02. The van der Waals surface area contributed by atoms with Crippen LogP contribution >= 0.6 is 0 Å². The minimum atomic E-state index is 0.626. The van der Waals surface area contributed by atoms with Crippen molar-refractivity contribution in [1.29, 1.82) is 0 Å². The highest BCUT2D eigenvalue weighted by Gasteiger charge is 2.08. The first-order chi connectivity index (χ1) is 9.78. The number of methoxy groups -OCH3 is 1. The monoisotopic (exact) mass is 273 g/mol. The number of nitrogens with zero attached hydrogens (tertiary/aromatic N) is 6. The lowest BCUT2D eigenvalue weighted by Gasteiger charge is -2.03. The molecule has 3 heterocycles. The van der Waals surface area contributed by atoms with E-state index in [1.54, 1.807) is 24.2 Å². The second-order valence-corrected chi connectivity index (χ2v) is 4.34. The molecule has 0 atom stereocenters. The van der Waals surface area contributed by atoms with Crippen molar-refractivity contribution in [2.45, 2.75) is 6.54 Å². The van der Waals surface area contributed by atoms with Crippen LogP contribution in [0.5, 0.6) is 0 Å². The van der Waals surface area contributed by atoms with Crippen molar-refractivity contribution in [2.75, 3.05) is 19.0 Å². The quantitative estimate of drug-likeness (QED) is 0.745. The molecular weight excluding hydrogens is 258 g/mol. The molecule has 0 fully saturated rings. The first-order valence-electron chi connectivity index (χ1n) is 6.19. The van der Waals surface area contributed by atoms with Gasteiger partial charge in [-0.25, -0.2) is 9.97 Å². The number of aryl methyl sites for hydroxylation is 1. The maximum Gasteiger partial charge on any atom is 0.163 e. The number of anilines is 2. The molecule has 3 aromatic rings. The predicted octanol–water partition coefficient (Wildman–Crippen LogP) is 0.950. The summed E-state index contributed by atoms with van der Waals surface area (Å²) in [5.74, 6) is 0.717. The second kappa shape index (κ2) is 5.25. The molecule has 0 aromatic carbocycles. The highest BCUT2D eigenvalue weighted by molar-refractivity contribution is 5.87. The largest absolute Gasteiger partial charge is 0.383 e. The molecular formula is C12H15N7O. The zero-order chi connectivity index (χ0) is 13.9. The van der Waals surface area contributed by atoms with Crippen LogP contribution in [0.4, 0.5) is 11.5 Å². The molecule has 0 bridgehead atoms. The van der Waals surface area contributed by atoms with E-state index in [1.165, 1.54) is 6.33 Å². The third-order valence-corrected chi connectivity index (χ3v) is 2.95. The number of rotatable bonds is 5. The number of nitrogens with one attached hydrogen (secondary N) is 1. The molecule has 0 radical (unpaired) electrons. The van der Waals surface area contributed by atoms with Gasteiger partial charge in [-0.15, -0.1) is 0 Å². The predicted molar refractivity (Wildman–Crippen MR) is 73.7 cm³/mol. The number of hydrogen-bond donors (Lipinski definition) is 1. The first kappa shape index (κ1) is 12.5. The van der Waals surface area contributed by atoms with Crippen LogP contribution in [0, 0.1) is 0 Å². The Labute approximate surface area is 115 Å². The van der Waals surface area contributed by atoms with E-state index < -0.39 is 0 Å². The summed E-state index contributed by atoms with van der Waals surface area (Å²) in [4.78, 5) is 8.45. The Kier molecular flexibility index (Phi) is 3.30. The Bertz CT molecular complexity index is 717. The summed E-state index contributed by atoms with van der Waals surface area (Å²) in [6.45, 7) is 1.34. The van der Waals surface area contributed by atoms with Gasteiger partial charge in [-0.3, -0.25) is 9.36 Å². The Morgan fingerprint density at radius 2 is 2.15 bits per heavy atom. The Morgan fingerprint density at radius 3 is 3.00 bits per heavy atom. The molecule has 1 N–H and O–H groups in total. The maximum absolute atomic E-state index is 5.02. The van der Waals surface area contributed by atoms with Crippen LogP contribution in [0.1, 0.15) is 0 Å². The average molecular weight is 273 g/mol. The van der Waals surface area contributed by atoms with E-state index in [0.717, 1.165) is 22.5 Å². The average Bonchev–Trinajstić information content (AvgIpc) is 3.05. The van der Waals surface area contributed by atoms with Gasteiger partial charge < -0.3 is 10.1 Å². The van der Waals surface area contributed by atoms with Gasteiger partial charge in [0.15, 0.2) is 5.65 Å². The molecule has 0 aliphatic carbocycles. The zero-order valence-corrected chi connectivity index (χ0v) is 11.3. The summed E-state index contributed by atoms with van der Waals surface area (Å²) in [5, 5.41) is 12.5. The molecule has 0 aliphatic rings.